The number of nitrogens with one attached hydrogen (secondary N) is 2. The summed E-state index contributed by atoms with van der Waals surface area (Å²) in [5, 5.41) is 10.7. The summed E-state index contributed by atoms with van der Waals surface area (Å²) in [7, 11) is 0. The number of para-hydroxylation sites is 1. The largest absolute Gasteiger partial charge is 0.311 e. The standard InChI is InChI=1S/C25H22BrN5/c26-19-9-10-22-23(14-19)31-20(15-27-12-11-17-5-2-1-3-6-17)13-18-7-4-8-21(24(18)31)25-29-28-16-30(22)25/h1-10,13-14,27-28H,11-12,15-16H2. The van der Waals surface area contributed by atoms with E-state index in [9.17, 15) is 0 Å². The van der Waals surface area contributed by atoms with Gasteiger partial charge in [0.05, 0.1) is 16.6 Å². The fraction of sp³-hybridized carbons (Fsp3) is 0.160. The quantitative estimate of drug-likeness (QED) is 0.370. The van der Waals surface area contributed by atoms with Gasteiger partial charge in [-0.25, -0.2) is 0 Å². The molecule has 0 spiro atoms. The molecular weight excluding hydrogens is 450 g/mol. The Morgan fingerprint density at radius 2 is 1.87 bits per heavy atom. The zero-order valence-electron chi connectivity index (χ0n) is 17.0. The maximum Gasteiger partial charge on any atom is 0.163 e. The molecular formula is C25H22BrN5. The van der Waals surface area contributed by atoms with E-state index in [-0.39, 0.29) is 0 Å². The second-order valence-corrected chi connectivity index (χ2v) is 8.86. The highest BCUT2D eigenvalue weighted by Gasteiger charge is 2.17. The van der Waals surface area contributed by atoms with Gasteiger partial charge < -0.3 is 14.3 Å². The predicted octanol–water partition coefficient (Wildman–Crippen LogP) is 4.52. The molecule has 0 bridgehead atoms. The molecule has 0 radical (unpaired) electrons. The SMILES string of the molecule is Brc1ccc2c(c1)n1c(CNCCc3ccccc3)cc3cccc(c4n2CNN=4)c31. The van der Waals surface area contributed by atoms with Crippen LogP contribution >= 0.6 is 15.9 Å². The Morgan fingerprint density at radius 3 is 2.77 bits per heavy atom. The first-order valence-electron chi connectivity index (χ1n) is 10.6. The highest BCUT2D eigenvalue weighted by molar-refractivity contribution is 9.10. The lowest BCUT2D eigenvalue weighted by Crippen LogP contribution is -2.17. The van der Waals surface area contributed by atoms with E-state index in [2.05, 4.69) is 114 Å². The van der Waals surface area contributed by atoms with Crippen molar-refractivity contribution in [2.75, 3.05) is 6.54 Å². The smallest absolute Gasteiger partial charge is 0.163 e. The molecule has 0 aliphatic carbocycles. The number of aromatic nitrogens is 2. The summed E-state index contributed by atoms with van der Waals surface area (Å²) in [6.45, 7) is 2.42. The molecule has 0 amide bonds. The molecule has 0 atom stereocenters. The normalized spacial score (nSPS) is 12.9. The number of rotatable bonds is 5. The van der Waals surface area contributed by atoms with Crippen molar-refractivity contribution in [2.24, 2.45) is 5.10 Å². The number of nitrogens with zero attached hydrogens (tertiary/aromatic N) is 3. The van der Waals surface area contributed by atoms with Gasteiger partial charge in [0.2, 0.25) is 0 Å². The molecule has 6 rings (SSSR count). The molecule has 1 aliphatic heterocycles. The molecule has 0 fully saturated rings. The average molecular weight is 472 g/mol. The van der Waals surface area contributed by atoms with E-state index >= 15 is 0 Å². The molecule has 2 aromatic heterocycles. The van der Waals surface area contributed by atoms with Crippen LogP contribution in [-0.2, 0) is 19.6 Å². The molecule has 5 aromatic rings. The van der Waals surface area contributed by atoms with Gasteiger partial charge in [0.15, 0.2) is 5.49 Å². The van der Waals surface area contributed by atoms with Gasteiger partial charge in [0.25, 0.3) is 0 Å². The zero-order valence-corrected chi connectivity index (χ0v) is 18.6. The number of halogens is 1. The fourth-order valence-electron chi connectivity index (χ4n) is 4.62. The summed E-state index contributed by atoms with van der Waals surface area (Å²) in [5.41, 5.74) is 10.3. The van der Waals surface area contributed by atoms with Crippen LogP contribution in [0.15, 0.2) is 82.4 Å². The molecule has 1 aliphatic rings. The van der Waals surface area contributed by atoms with Crippen molar-refractivity contribution in [2.45, 2.75) is 19.6 Å². The number of benzene rings is 3. The van der Waals surface area contributed by atoms with Gasteiger partial charge in [-0.3, -0.25) is 5.43 Å². The fourth-order valence-corrected chi connectivity index (χ4v) is 4.97. The lowest BCUT2D eigenvalue weighted by molar-refractivity contribution is 0.658. The van der Waals surface area contributed by atoms with E-state index in [1.165, 1.54) is 27.7 Å². The van der Waals surface area contributed by atoms with Gasteiger partial charge in [-0.15, -0.1) is 0 Å². The lowest BCUT2D eigenvalue weighted by atomic mass is 10.1. The molecule has 0 saturated heterocycles. The van der Waals surface area contributed by atoms with Crippen LogP contribution in [0, 0.1) is 0 Å². The van der Waals surface area contributed by atoms with Crippen LogP contribution in [0.5, 0.6) is 0 Å². The molecule has 3 aromatic carbocycles. The Hall–Kier alpha value is -3.09. The maximum absolute atomic E-state index is 4.63. The van der Waals surface area contributed by atoms with Gasteiger partial charge >= 0.3 is 0 Å². The summed E-state index contributed by atoms with van der Waals surface area (Å²) in [5.74, 6) is 0. The van der Waals surface area contributed by atoms with Crippen molar-refractivity contribution in [3.05, 3.63) is 94.0 Å². The third kappa shape index (κ3) is 3.14. The Labute approximate surface area is 188 Å². The molecule has 2 N–H and O–H groups in total. The van der Waals surface area contributed by atoms with E-state index < -0.39 is 0 Å². The van der Waals surface area contributed by atoms with Crippen LogP contribution in [0.1, 0.15) is 11.3 Å². The molecule has 0 unspecified atom stereocenters. The van der Waals surface area contributed by atoms with E-state index in [4.69, 9.17) is 0 Å². The van der Waals surface area contributed by atoms with Gasteiger partial charge in [-0.05, 0) is 48.9 Å². The molecule has 0 saturated carbocycles. The van der Waals surface area contributed by atoms with E-state index in [1.807, 2.05) is 0 Å². The van der Waals surface area contributed by atoms with Crippen LogP contribution in [0.25, 0.3) is 27.3 Å². The topological polar surface area (TPSA) is 45.8 Å². The van der Waals surface area contributed by atoms with Crippen LogP contribution < -0.4 is 16.2 Å². The van der Waals surface area contributed by atoms with Crippen molar-refractivity contribution in [1.82, 2.24) is 19.7 Å². The third-order valence-electron chi connectivity index (χ3n) is 6.02. The minimum atomic E-state index is 0.676. The minimum Gasteiger partial charge on any atom is -0.311 e. The van der Waals surface area contributed by atoms with Gasteiger partial charge in [0.1, 0.15) is 6.67 Å². The number of hydrogen-bond acceptors (Lipinski definition) is 3. The van der Waals surface area contributed by atoms with Crippen LogP contribution in [0.2, 0.25) is 0 Å². The van der Waals surface area contributed by atoms with Gasteiger partial charge in [-0.1, -0.05) is 58.4 Å². The second kappa shape index (κ2) is 7.55. The maximum atomic E-state index is 4.63. The average Bonchev–Trinajstić information content (AvgIpc) is 3.39. The highest BCUT2D eigenvalue weighted by Crippen LogP contribution is 2.28. The summed E-state index contributed by atoms with van der Waals surface area (Å²) >= 11 is 3.69. The van der Waals surface area contributed by atoms with Gasteiger partial charge in [-0.2, -0.15) is 5.10 Å². The van der Waals surface area contributed by atoms with E-state index in [0.29, 0.717) is 6.67 Å². The Kier molecular flexibility index (Phi) is 4.55. The Balaban J connectivity index is 1.51. The molecule has 5 nitrogen and oxygen atoms in total. The monoisotopic (exact) mass is 471 g/mol. The van der Waals surface area contributed by atoms with Crippen LogP contribution in [-0.4, -0.2) is 15.5 Å². The summed E-state index contributed by atoms with van der Waals surface area (Å²) < 4.78 is 5.73. The lowest BCUT2D eigenvalue weighted by Gasteiger charge is -2.09. The third-order valence-corrected chi connectivity index (χ3v) is 6.51. The summed E-state index contributed by atoms with van der Waals surface area (Å²) in [6.07, 6.45) is 1.02. The summed E-state index contributed by atoms with van der Waals surface area (Å²) in [4.78, 5) is 0. The van der Waals surface area contributed by atoms with E-state index in [1.54, 1.807) is 0 Å². The van der Waals surface area contributed by atoms with Crippen molar-refractivity contribution >= 4 is 43.3 Å². The first-order valence-corrected chi connectivity index (χ1v) is 11.4. The molecule has 3 heterocycles. The molecule has 154 valence electrons. The second-order valence-electron chi connectivity index (χ2n) is 7.94. The Morgan fingerprint density at radius 1 is 0.968 bits per heavy atom. The van der Waals surface area contributed by atoms with Crippen molar-refractivity contribution in [3.63, 3.8) is 0 Å². The zero-order chi connectivity index (χ0) is 20.8. The molecule has 31 heavy (non-hydrogen) atoms. The Bertz CT molecular complexity index is 1500. The van der Waals surface area contributed by atoms with Crippen molar-refractivity contribution in [1.29, 1.82) is 0 Å². The van der Waals surface area contributed by atoms with Crippen molar-refractivity contribution in [3.8, 4) is 0 Å². The van der Waals surface area contributed by atoms with Crippen molar-refractivity contribution < 1.29 is 0 Å². The van der Waals surface area contributed by atoms with Crippen LogP contribution in [0.3, 0.4) is 0 Å². The predicted molar refractivity (Wildman–Crippen MR) is 129 cm³/mol. The van der Waals surface area contributed by atoms with E-state index in [0.717, 1.165) is 40.4 Å². The first kappa shape index (κ1) is 18.7. The highest BCUT2D eigenvalue weighted by atomic mass is 79.9. The minimum absolute atomic E-state index is 0.676. The summed E-state index contributed by atoms with van der Waals surface area (Å²) in [6, 6.07) is 25.9. The number of fused-ring (bicyclic) bond motifs is 5. The number of hydrogen-bond donors (Lipinski definition) is 2. The molecule has 6 heteroatoms. The van der Waals surface area contributed by atoms with Crippen LogP contribution in [0.4, 0.5) is 0 Å². The van der Waals surface area contributed by atoms with Gasteiger partial charge in [0, 0.05) is 27.5 Å². The first-order chi connectivity index (χ1) is 15.3.